The summed E-state index contributed by atoms with van der Waals surface area (Å²) in [5.74, 6) is -1.03. The summed E-state index contributed by atoms with van der Waals surface area (Å²) in [5, 5.41) is 3.27. The summed E-state index contributed by atoms with van der Waals surface area (Å²) in [5.41, 5.74) is 3.10. The highest BCUT2D eigenvalue weighted by atomic mass is 19.1. The molecule has 4 aromatic rings. The number of anilines is 2. The van der Waals surface area contributed by atoms with E-state index in [1.807, 2.05) is 0 Å². The first-order valence-corrected chi connectivity index (χ1v) is 14.6. The molecule has 0 saturated heterocycles. The van der Waals surface area contributed by atoms with E-state index in [4.69, 9.17) is 23.7 Å². The van der Waals surface area contributed by atoms with Crippen LogP contribution in [0.5, 0.6) is 23.0 Å². The third-order valence-corrected chi connectivity index (χ3v) is 7.67. The third-order valence-electron chi connectivity index (χ3n) is 7.67. The van der Waals surface area contributed by atoms with Gasteiger partial charge in [0.05, 0.1) is 29.1 Å². The fourth-order valence-corrected chi connectivity index (χ4v) is 5.16. The molecule has 0 unspecified atom stereocenters. The van der Waals surface area contributed by atoms with Crippen LogP contribution in [-0.2, 0) is 14.3 Å². The van der Waals surface area contributed by atoms with Crippen LogP contribution in [0, 0.1) is 27.9 Å². The summed E-state index contributed by atoms with van der Waals surface area (Å²) >= 11 is 0. The zero-order chi connectivity index (χ0) is 32.8. The smallest absolute Gasteiger partial charge is 0.253 e. The van der Waals surface area contributed by atoms with E-state index in [0.29, 0.717) is 58.5 Å². The molecule has 0 radical (unpaired) electrons. The Kier molecular flexibility index (Phi) is 9.93. The van der Waals surface area contributed by atoms with Gasteiger partial charge in [-0.15, -0.1) is 5.43 Å². The number of rotatable bonds is 15. The van der Waals surface area contributed by atoms with Gasteiger partial charge >= 0.3 is 0 Å². The number of benzene rings is 3. The number of hydrogen-bond acceptors (Lipinski definition) is 8. The molecule has 0 aliphatic heterocycles. The van der Waals surface area contributed by atoms with Crippen LogP contribution in [0.15, 0.2) is 66.9 Å². The van der Waals surface area contributed by atoms with Crippen molar-refractivity contribution in [2.45, 2.75) is 19.9 Å². The average molecular weight is 638 g/mol. The molecule has 1 amide bonds. The fraction of sp³-hybridized carbons (Fsp3) is 0.333. The van der Waals surface area contributed by atoms with Crippen LogP contribution in [0.4, 0.5) is 20.2 Å². The second kappa shape index (κ2) is 14.0. The lowest BCUT2D eigenvalue weighted by atomic mass is 10.1. The summed E-state index contributed by atoms with van der Waals surface area (Å²) in [6.07, 6.45) is 1.53. The molecule has 1 aromatic heterocycles. The number of carbonyl (C=O) groups is 1. The Balaban J connectivity index is 1.29. The van der Waals surface area contributed by atoms with E-state index in [1.54, 1.807) is 46.3 Å². The number of nitrogens with one attached hydrogen (secondary N) is 2. The maximum absolute atomic E-state index is 15.3. The van der Waals surface area contributed by atoms with Gasteiger partial charge in [0.15, 0.2) is 23.1 Å². The lowest BCUT2D eigenvalue weighted by molar-refractivity contribution is -0.540. The van der Waals surface area contributed by atoms with Crippen LogP contribution < -0.4 is 25.0 Å². The highest BCUT2D eigenvalue weighted by Gasteiger charge is 2.73. The summed E-state index contributed by atoms with van der Waals surface area (Å²) in [7, 11) is 3.14. The molecule has 0 spiro atoms. The lowest BCUT2D eigenvalue weighted by Gasteiger charge is -2.15. The summed E-state index contributed by atoms with van der Waals surface area (Å²) in [4.78, 5) is 30.9. The van der Waals surface area contributed by atoms with Gasteiger partial charge in [-0.2, -0.15) is 0 Å². The van der Waals surface area contributed by atoms with E-state index in [2.05, 4.69) is 15.7 Å². The van der Waals surface area contributed by atoms with Gasteiger partial charge in [0.25, 0.3) is 6.04 Å². The largest absolute Gasteiger partial charge is 0.487 e. The van der Waals surface area contributed by atoms with E-state index in [9.17, 15) is 14.1 Å². The first-order chi connectivity index (χ1) is 22.1. The molecule has 1 heterocycles. The minimum absolute atomic E-state index is 0.0823. The number of hydrazine groups is 1. The van der Waals surface area contributed by atoms with Crippen molar-refractivity contribution < 1.29 is 42.1 Å². The predicted octanol–water partition coefficient (Wildman–Crippen LogP) is 6.12. The van der Waals surface area contributed by atoms with Crippen LogP contribution in [0.3, 0.4) is 0 Å². The van der Waals surface area contributed by atoms with Gasteiger partial charge in [-0.05, 0) is 48.5 Å². The Morgan fingerprint density at radius 2 is 1.50 bits per heavy atom. The van der Waals surface area contributed by atoms with E-state index in [1.165, 1.54) is 42.6 Å². The molecule has 11 nitrogen and oxygen atoms in total. The van der Waals surface area contributed by atoms with Crippen LogP contribution in [0.2, 0.25) is 0 Å². The van der Waals surface area contributed by atoms with Gasteiger partial charge in [0, 0.05) is 43.6 Å². The Morgan fingerprint density at radius 3 is 2.15 bits per heavy atom. The number of methoxy groups -OCH3 is 2. The second-order valence-corrected chi connectivity index (χ2v) is 11.2. The molecule has 3 aromatic carbocycles. The number of fused-ring (bicyclic) bond motifs is 1. The monoisotopic (exact) mass is 637 g/mol. The van der Waals surface area contributed by atoms with Crippen molar-refractivity contribution in [2.75, 3.05) is 51.4 Å². The van der Waals surface area contributed by atoms with Crippen LogP contribution in [0.1, 0.15) is 13.8 Å². The number of ether oxygens (including phenoxy) is 5. The fourth-order valence-electron chi connectivity index (χ4n) is 5.16. The molecule has 2 N–H and O–H groups in total. The quantitative estimate of drug-likeness (QED) is 0.0902. The number of amides is 1. The van der Waals surface area contributed by atoms with Crippen molar-refractivity contribution in [1.82, 2.24) is 4.98 Å². The number of nitroso groups, excluding NO2 is 1. The van der Waals surface area contributed by atoms with Crippen molar-refractivity contribution in [1.29, 1.82) is 0 Å². The molecule has 5 rings (SSSR count). The molecular formula is C33H35F2N4O7+. The predicted molar refractivity (Wildman–Crippen MR) is 166 cm³/mol. The first kappa shape index (κ1) is 32.5. The number of hydrogen-bond donors (Lipinski definition) is 2. The Morgan fingerprint density at radius 1 is 0.848 bits per heavy atom. The van der Waals surface area contributed by atoms with Crippen molar-refractivity contribution in [3.8, 4) is 23.0 Å². The van der Waals surface area contributed by atoms with E-state index < -0.39 is 29.0 Å². The lowest BCUT2D eigenvalue weighted by Crippen LogP contribution is -2.24. The van der Waals surface area contributed by atoms with Gasteiger partial charge in [-0.1, -0.05) is 13.8 Å². The average Bonchev–Trinajstić information content (AvgIpc) is 3.62. The van der Waals surface area contributed by atoms with Crippen molar-refractivity contribution in [2.24, 2.45) is 11.3 Å². The highest BCUT2D eigenvalue weighted by molar-refractivity contribution is 5.95. The molecule has 2 atom stereocenters. The third kappa shape index (κ3) is 7.32. The van der Waals surface area contributed by atoms with Crippen LogP contribution in [-0.4, -0.2) is 62.4 Å². The highest BCUT2D eigenvalue weighted by Crippen LogP contribution is 2.54. The maximum Gasteiger partial charge on any atom is 0.253 e. The van der Waals surface area contributed by atoms with Crippen molar-refractivity contribution >= 4 is 28.2 Å². The zero-order valence-corrected chi connectivity index (χ0v) is 25.8. The zero-order valence-electron chi connectivity index (χ0n) is 25.8. The SMILES string of the molecule is COCCOc1cc2nccc(Oc3ccc(N[N+](=O)[C@H]4[C@@H](C(=O)Nc5ccc(F)cc5)C4(C)C)cc3F)c2cc1OCCOC. The van der Waals surface area contributed by atoms with Gasteiger partial charge < -0.3 is 29.0 Å². The Hall–Kier alpha value is -4.88. The molecule has 1 aliphatic carbocycles. The topological polar surface area (TPSA) is 120 Å². The van der Waals surface area contributed by atoms with Crippen LogP contribution >= 0.6 is 0 Å². The second-order valence-electron chi connectivity index (χ2n) is 11.2. The number of carbonyl (C=O) groups excluding carboxylic acids is 1. The molecule has 46 heavy (non-hydrogen) atoms. The molecular weight excluding hydrogens is 602 g/mol. The number of halogens is 2. The summed E-state index contributed by atoms with van der Waals surface area (Å²) < 4.78 is 56.3. The molecule has 1 fully saturated rings. The van der Waals surface area contributed by atoms with Gasteiger partial charge in [0.2, 0.25) is 5.91 Å². The van der Waals surface area contributed by atoms with Crippen molar-refractivity contribution in [3.05, 3.63) is 83.4 Å². The standard InChI is InChI=1S/C33H34F2N4O7/c1-33(2)30(32(40)37-21-7-5-20(34)6-8-21)31(33)39(41)38-22-9-10-27(24(35)17-22)46-26-11-12-36-25-19-29(45-16-14-43-4)28(18-23(25)26)44-15-13-42-3/h5-12,17-19,30-31H,13-16H2,1-4H3,(H-,37,38,40,41)/p+1/t30-,31-/m0/s1. The van der Waals surface area contributed by atoms with E-state index >= 15 is 4.39 Å². The number of aromatic nitrogens is 1. The van der Waals surface area contributed by atoms with Crippen molar-refractivity contribution in [3.63, 3.8) is 0 Å². The van der Waals surface area contributed by atoms with Crippen LogP contribution in [0.25, 0.3) is 10.9 Å². The number of nitrogens with zero attached hydrogens (tertiary/aromatic N) is 2. The van der Waals surface area contributed by atoms with Gasteiger partial charge in [0.1, 0.15) is 41.3 Å². The molecule has 1 saturated carbocycles. The Bertz CT molecular complexity index is 1720. The maximum atomic E-state index is 15.3. The number of pyridine rings is 1. The molecule has 1 aliphatic rings. The normalized spacial score (nSPS) is 16.5. The molecule has 242 valence electrons. The minimum atomic E-state index is -0.723. The van der Waals surface area contributed by atoms with Gasteiger partial charge in [-0.3, -0.25) is 9.78 Å². The molecule has 0 bridgehead atoms. The molecule has 13 heteroatoms. The Labute approximate surface area is 264 Å². The summed E-state index contributed by atoms with van der Waals surface area (Å²) in [6.45, 7) is 4.90. The summed E-state index contributed by atoms with van der Waals surface area (Å²) in [6, 6.07) is 13.7. The van der Waals surface area contributed by atoms with Gasteiger partial charge in [-0.25, -0.2) is 8.78 Å². The van der Waals surface area contributed by atoms with E-state index in [0.717, 1.165) is 6.07 Å². The minimum Gasteiger partial charge on any atom is -0.487 e. The van der Waals surface area contributed by atoms with E-state index in [-0.39, 0.29) is 24.0 Å². The first-order valence-electron chi connectivity index (χ1n) is 14.6.